The third-order valence-electron chi connectivity index (χ3n) is 6.40. The number of H-pyrrole nitrogens is 1. The van der Waals surface area contributed by atoms with Gasteiger partial charge in [0.2, 0.25) is 0 Å². The second-order valence-electron chi connectivity index (χ2n) is 8.89. The summed E-state index contributed by atoms with van der Waals surface area (Å²) < 4.78 is 57.3. The highest BCUT2D eigenvalue weighted by molar-refractivity contribution is 6.03. The number of terminal acetylenes is 1. The number of hydrogen-bond acceptors (Lipinski definition) is 5. The molecule has 0 bridgehead atoms. The lowest BCUT2D eigenvalue weighted by molar-refractivity contribution is 0.432. The fraction of sp³-hybridized carbons (Fsp3) is 0.269. The number of nitrogens with one attached hydrogen (secondary N) is 2. The van der Waals surface area contributed by atoms with Crippen molar-refractivity contribution in [1.82, 2.24) is 15.0 Å². The van der Waals surface area contributed by atoms with Gasteiger partial charge in [0.1, 0.15) is 17.7 Å². The Morgan fingerprint density at radius 3 is 2.69 bits per heavy atom. The van der Waals surface area contributed by atoms with Gasteiger partial charge in [0, 0.05) is 29.4 Å². The Hall–Kier alpha value is -4.13. The van der Waals surface area contributed by atoms with Gasteiger partial charge in [-0.3, -0.25) is 4.98 Å². The number of halogens is 4. The van der Waals surface area contributed by atoms with E-state index in [1.165, 1.54) is 18.3 Å². The molecule has 1 aliphatic carbocycles. The maximum atomic E-state index is 15.8. The van der Waals surface area contributed by atoms with Crippen molar-refractivity contribution in [2.24, 2.45) is 5.92 Å². The number of anilines is 2. The van der Waals surface area contributed by atoms with E-state index >= 15 is 4.39 Å². The van der Waals surface area contributed by atoms with Crippen LogP contribution in [0.15, 0.2) is 29.2 Å². The molecule has 4 aromatic rings. The van der Waals surface area contributed by atoms with E-state index in [2.05, 4.69) is 26.2 Å². The number of nitrogens with zero attached hydrogens (tertiary/aromatic N) is 2. The maximum absolute atomic E-state index is 15.8. The number of benzene rings is 2. The van der Waals surface area contributed by atoms with Crippen molar-refractivity contribution in [2.75, 3.05) is 17.6 Å². The Balaban J connectivity index is 1.56. The van der Waals surface area contributed by atoms with Crippen LogP contribution in [0.2, 0.25) is 0 Å². The molecule has 1 fully saturated rings. The highest BCUT2D eigenvalue weighted by Gasteiger charge is 2.36. The molecule has 2 aromatic heterocycles. The van der Waals surface area contributed by atoms with E-state index in [1.54, 1.807) is 0 Å². The van der Waals surface area contributed by atoms with E-state index < -0.39 is 34.9 Å². The Morgan fingerprint density at radius 1 is 1.19 bits per heavy atom. The summed E-state index contributed by atoms with van der Waals surface area (Å²) in [6, 6.07) is 3.68. The van der Waals surface area contributed by atoms with Crippen LogP contribution >= 0.6 is 0 Å². The number of fused-ring (bicyclic) bond motifs is 2. The summed E-state index contributed by atoms with van der Waals surface area (Å²) in [5, 5.41) is 3.49. The molecule has 2 aromatic carbocycles. The van der Waals surface area contributed by atoms with Crippen molar-refractivity contribution in [1.29, 1.82) is 0 Å². The first-order chi connectivity index (χ1) is 17.3. The van der Waals surface area contributed by atoms with Crippen LogP contribution < -0.4 is 16.7 Å². The largest absolute Gasteiger partial charge is 0.399 e. The Morgan fingerprint density at radius 2 is 1.97 bits per heavy atom. The number of nitrogen functional groups attached to an aromatic ring is 1. The lowest BCUT2D eigenvalue weighted by Gasteiger charge is -2.14. The van der Waals surface area contributed by atoms with Crippen LogP contribution in [0.25, 0.3) is 32.9 Å². The summed E-state index contributed by atoms with van der Waals surface area (Å²) in [5.41, 5.74) is 4.56. The monoisotopic (exact) mass is 495 g/mol. The molecule has 1 aliphatic rings. The number of unbranched alkanes of at least 4 members (excludes halogenated alkanes) is 1. The Kier molecular flexibility index (Phi) is 6.00. The molecular weight excluding hydrogens is 474 g/mol. The first-order valence-corrected chi connectivity index (χ1v) is 11.4. The first kappa shape index (κ1) is 23.6. The summed E-state index contributed by atoms with van der Waals surface area (Å²) in [4.78, 5) is 22.7. The van der Waals surface area contributed by atoms with Crippen LogP contribution in [0, 0.1) is 35.7 Å². The van der Waals surface area contributed by atoms with Gasteiger partial charge >= 0.3 is 5.69 Å². The molecule has 2 atom stereocenters. The molecule has 1 unspecified atom stereocenters. The van der Waals surface area contributed by atoms with Crippen LogP contribution in [0.1, 0.15) is 31.2 Å². The normalized spacial score (nSPS) is 16.9. The quantitative estimate of drug-likeness (QED) is 0.144. The lowest BCUT2D eigenvalue weighted by atomic mass is 9.95. The van der Waals surface area contributed by atoms with E-state index in [9.17, 15) is 18.0 Å². The zero-order valence-corrected chi connectivity index (χ0v) is 19.0. The number of rotatable bonds is 7. The van der Waals surface area contributed by atoms with E-state index in [4.69, 9.17) is 12.2 Å². The van der Waals surface area contributed by atoms with Gasteiger partial charge in [-0.2, -0.15) is 4.98 Å². The molecule has 2 heterocycles. The Bertz CT molecular complexity index is 1610. The molecule has 4 N–H and O–H groups in total. The molecule has 184 valence electrons. The molecule has 0 amide bonds. The van der Waals surface area contributed by atoms with Crippen molar-refractivity contribution < 1.29 is 17.6 Å². The number of alkyl halides is 1. The summed E-state index contributed by atoms with van der Waals surface area (Å²) in [6.07, 6.45) is 9.03. The van der Waals surface area contributed by atoms with Gasteiger partial charge in [-0.1, -0.05) is 12.3 Å². The van der Waals surface area contributed by atoms with Gasteiger partial charge in [0.25, 0.3) is 0 Å². The zero-order chi connectivity index (χ0) is 25.6. The lowest BCUT2D eigenvalue weighted by Crippen LogP contribution is -2.16. The number of aromatic amines is 1. The third-order valence-corrected chi connectivity index (χ3v) is 6.40. The van der Waals surface area contributed by atoms with E-state index in [0.29, 0.717) is 13.0 Å². The van der Waals surface area contributed by atoms with Crippen molar-refractivity contribution >= 4 is 33.2 Å². The van der Waals surface area contributed by atoms with Crippen LogP contribution in [0.3, 0.4) is 0 Å². The molecule has 1 saturated carbocycles. The predicted molar refractivity (Wildman–Crippen MR) is 131 cm³/mol. The standard InChI is InChI=1S/C26H21F4N5O/c1-2-15-20-13(9-19(28)21(15)29)7-14(31)10-16(20)23-22(30)24-17(11-33-23)25(35-26(36)34-24)32-6-4-3-5-12-8-18(12)27/h1,7,9-12,18H,3-6,8,31H2,(H2,32,34,35,36)/t12-,18?/m0/s1. The first-order valence-electron chi connectivity index (χ1n) is 11.4. The van der Waals surface area contributed by atoms with Crippen molar-refractivity contribution in [3.05, 3.63) is 57.9 Å². The van der Waals surface area contributed by atoms with Crippen molar-refractivity contribution in [2.45, 2.75) is 31.9 Å². The number of nitrogens with two attached hydrogens (primary N) is 1. The van der Waals surface area contributed by atoms with E-state index in [-0.39, 0.29) is 50.4 Å². The summed E-state index contributed by atoms with van der Waals surface area (Å²) in [7, 11) is 0. The zero-order valence-electron chi connectivity index (χ0n) is 19.0. The van der Waals surface area contributed by atoms with Gasteiger partial charge in [0.15, 0.2) is 17.5 Å². The molecule has 0 spiro atoms. The highest BCUT2D eigenvalue weighted by atomic mass is 19.2. The second-order valence-corrected chi connectivity index (χ2v) is 8.89. The summed E-state index contributed by atoms with van der Waals surface area (Å²) in [6.45, 7) is 0.453. The molecule has 10 heteroatoms. The summed E-state index contributed by atoms with van der Waals surface area (Å²) >= 11 is 0. The fourth-order valence-electron chi connectivity index (χ4n) is 4.49. The van der Waals surface area contributed by atoms with Gasteiger partial charge in [-0.15, -0.1) is 6.42 Å². The van der Waals surface area contributed by atoms with Crippen LogP contribution in [0.5, 0.6) is 0 Å². The fourth-order valence-corrected chi connectivity index (χ4v) is 4.49. The number of pyridine rings is 1. The predicted octanol–water partition coefficient (Wildman–Crippen LogP) is 5.06. The molecule has 0 radical (unpaired) electrons. The molecule has 0 saturated heterocycles. The van der Waals surface area contributed by atoms with E-state index in [0.717, 1.165) is 25.3 Å². The van der Waals surface area contributed by atoms with Crippen molar-refractivity contribution in [3.63, 3.8) is 0 Å². The van der Waals surface area contributed by atoms with Crippen LogP contribution in [0.4, 0.5) is 29.1 Å². The Labute approximate surface area is 203 Å². The molecule has 5 rings (SSSR count). The molecule has 6 nitrogen and oxygen atoms in total. The van der Waals surface area contributed by atoms with Crippen molar-refractivity contribution in [3.8, 4) is 23.6 Å². The highest BCUT2D eigenvalue weighted by Crippen LogP contribution is 2.38. The van der Waals surface area contributed by atoms with Crippen LogP contribution in [-0.4, -0.2) is 27.7 Å². The van der Waals surface area contributed by atoms with Gasteiger partial charge in [0.05, 0.1) is 16.5 Å². The number of hydrogen-bond donors (Lipinski definition) is 3. The smallest absolute Gasteiger partial charge is 0.347 e. The van der Waals surface area contributed by atoms with Gasteiger partial charge < -0.3 is 16.0 Å². The topological polar surface area (TPSA) is 96.7 Å². The van der Waals surface area contributed by atoms with Crippen LogP contribution in [-0.2, 0) is 0 Å². The summed E-state index contributed by atoms with van der Waals surface area (Å²) in [5.74, 6) is -0.894. The molecular formula is C26H21F4N5O. The number of aromatic nitrogens is 3. The maximum Gasteiger partial charge on any atom is 0.347 e. The second kappa shape index (κ2) is 9.15. The van der Waals surface area contributed by atoms with Gasteiger partial charge in [-0.05, 0) is 48.8 Å². The minimum Gasteiger partial charge on any atom is -0.399 e. The molecule has 0 aliphatic heterocycles. The minimum atomic E-state index is -1.25. The third kappa shape index (κ3) is 4.21. The van der Waals surface area contributed by atoms with E-state index in [1.807, 2.05) is 0 Å². The molecule has 36 heavy (non-hydrogen) atoms. The van der Waals surface area contributed by atoms with Gasteiger partial charge in [-0.25, -0.2) is 22.4 Å². The minimum absolute atomic E-state index is 0.0506. The average molecular weight is 495 g/mol. The SMILES string of the molecule is C#Cc1c(F)c(F)cc2cc(N)cc(-c3ncc4c(NCCCC[C@H]5CC5F)nc(=O)[nH]c4c3F)c12. The average Bonchev–Trinajstić information content (AvgIpc) is 3.54.